The van der Waals surface area contributed by atoms with Crippen molar-refractivity contribution in [2.45, 2.75) is 13.0 Å². The molecule has 3 aromatic rings. The summed E-state index contributed by atoms with van der Waals surface area (Å²) in [5.74, 6) is 0.0422. The number of carbonyl (C=O) groups excluding carboxylic acids is 2. The van der Waals surface area contributed by atoms with E-state index in [0.29, 0.717) is 16.5 Å². The minimum Gasteiger partial charge on any atom is -0.482 e. The summed E-state index contributed by atoms with van der Waals surface area (Å²) in [7, 11) is 0. The zero-order valence-corrected chi connectivity index (χ0v) is 15.4. The van der Waals surface area contributed by atoms with Crippen LogP contribution in [0, 0.1) is 0 Å². The molecule has 0 saturated carbocycles. The highest BCUT2D eigenvalue weighted by atomic mass is 35.5. The van der Waals surface area contributed by atoms with Gasteiger partial charge < -0.3 is 19.2 Å². The smallest absolute Gasteiger partial charge is 0.344 e. The van der Waals surface area contributed by atoms with Crippen molar-refractivity contribution in [1.29, 1.82) is 0 Å². The molecule has 0 bridgehead atoms. The molecule has 0 radical (unpaired) electrons. The molecular formula is C20H18ClNO5. The van der Waals surface area contributed by atoms with Crippen LogP contribution in [0.1, 0.15) is 18.7 Å². The number of esters is 1. The first-order chi connectivity index (χ1) is 13.0. The van der Waals surface area contributed by atoms with Gasteiger partial charge in [0.1, 0.15) is 17.1 Å². The highest BCUT2D eigenvalue weighted by molar-refractivity contribution is 6.30. The number of benzene rings is 2. The summed E-state index contributed by atoms with van der Waals surface area (Å²) in [6, 6.07) is 15.7. The Morgan fingerprint density at radius 1 is 1.11 bits per heavy atom. The van der Waals surface area contributed by atoms with Crippen LogP contribution in [-0.2, 0) is 14.3 Å². The van der Waals surface area contributed by atoms with Crippen molar-refractivity contribution in [2.75, 3.05) is 13.2 Å². The van der Waals surface area contributed by atoms with Gasteiger partial charge in [-0.25, -0.2) is 4.79 Å². The van der Waals surface area contributed by atoms with Crippen molar-refractivity contribution in [2.24, 2.45) is 0 Å². The van der Waals surface area contributed by atoms with Crippen LogP contribution in [-0.4, -0.2) is 25.1 Å². The zero-order valence-electron chi connectivity index (χ0n) is 14.6. The van der Waals surface area contributed by atoms with Gasteiger partial charge in [0.05, 0.1) is 6.04 Å². The van der Waals surface area contributed by atoms with Gasteiger partial charge in [-0.3, -0.25) is 4.79 Å². The first-order valence-electron chi connectivity index (χ1n) is 8.33. The number of carbonyl (C=O) groups is 2. The maximum absolute atomic E-state index is 12.0. The molecule has 0 saturated heterocycles. The van der Waals surface area contributed by atoms with Crippen LogP contribution in [0.5, 0.6) is 5.75 Å². The molecule has 1 aromatic heterocycles. The third-order valence-corrected chi connectivity index (χ3v) is 4.04. The molecule has 6 nitrogen and oxygen atoms in total. The number of para-hydroxylation sites is 1. The molecule has 140 valence electrons. The molecule has 1 amide bonds. The first kappa shape index (κ1) is 18.8. The van der Waals surface area contributed by atoms with Gasteiger partial charge in [-0.1, -0.05) is 29.8 Å². The van der Waals surface area contributed by atoms with Gasteiger partial charge in [-0.15, -0.1) is 0 Å². The fraction of sp³-hybridized carbons (Fsp3) is 0.200. The van der Waals surface area contributed by atoms with Crippen LogP contribution in [0.3, 0.4) is 0 Å². The van der Waals surface area contributed by atoms with Gasteiger partial charge in [0.2, 0.25) is 0 Å². The summed E-state index contributed by atoms with van der Waals surface area (Å²) < 4.78 is 15.9. The molecule has 27 heavy (non-hydrogen) atoms. The second-order valence-corrected chi connectivity index (χ2v) is 6.32. The van der Waals surface area contributed by atoms with Crippen LogP contribution < -0.4 is 10.1 Å². The van der Waals surface area contributed by atoms with Gasteiger partial charge in [-0.05, 0) is 43.3 Å². The van der Waals surface area contributed by atoms with Gasteiger partial charge in [0.15, 0.2) is 13.2 Å². The Hall–Kier alpha value is -2.99. The number of nitrogens with one attached hydrogen (secondary N) is 1. The van der Waals surface area contributed by atoms with Gasteiger partial charge in [0, 0.05) is 10.4 Å². The van der Waals surface area contributed by atoms with Crippen molar-refractivity contribution in [1.82, 2.24) is 5.32 Å². The molecule has 0 aliphatic carbocycles. The summed E-state index contributed by atoms with van der Waals surface area (Å²) in [6.45, 7) is 1.10. The van der Waals surface area contributed by atoms with E-state index in [1.54, 1.807) is 31.2 Å². The zero-order chi connectivity index (χ0) is 19.2. The lowest BCUT2D eigenvalue weighted by atomic mass is 10.2. The van der Waals surface area contributed by atoms with Crippen LogP contribution >= 0.6 is 11.6 Å². The predicted octanol–water partition coefficient (Wildman–Crippen LogP) is 3.89. The third-order valence-electron chi connectivity index (χ3n) is 3.78. The van der Waals surface area contributed by atoms with Gasteiger partial charge >= 0.3 is 5.97 Å². The second kappa shape index (κ2) is 8.60. The number of amides is 1. The van der Waals surface area contributed by atoms with Crippen molar-refractivity contribution < 1.29 is 23.5 Å². The lowest BCUT2D eigenvalue weighted by Crippen LogP contribution is -2.31. The minimum absolute atomic E-state index is 0.298. The first-order valence-corrected chi connectivity index (χ1v) is 8.71. The van der Waals surface area contributed by atoms with E-state index >= 15 is 0 Å². The van der Waals surface area contributed by atoms with E-state index in [2.05, 4.69) is 5.32 Å². The fourth-order valence-corrected chi connectivity index (χ4v) is 2.56. The monoisotopic (exact) mass is 387 g/mol. The summed E-state index contributed by atoms with van der Waals surface area (Å²) in [4.78, 5) is 23.7. The Labute approximate surface area is 161 Å². The van der Waals surface area contributed by atoms with E-state index in [1.807, 2.05) is 30.3 Å². The normalized spacial score (nSPS) is 11.8. The number of hydrogen-bond acceptors (Lipinski definition) is 5. The largest absolute Gasteiger partial charge is 0.482 e. The number of hydrogen-bond donors (Lipinski definition) is 1. The molecule has 1 N–H and O–H groups in total. The molecule has 7 heteroatoms. The van der Waals surface area contributed by atoms with Crippen molar-refractivity contribution in [3.63, 3.8) is 0 Å². The molecule has 1 atom stereocenters. The second-order valence-electron chi connectivity index (χ2n) is 5.88. The third kappa shape index (κ3) is 5.24. The van der Waals surface area contributed by atoms with E-state index in [-0.39, 0.29) is 12.6 Å². The summed E-state index contributed by atoms with van der Waals surface area (Å²) in [5, 5.41) is 4.25. The van der Waals surface area contributed by atoms with E-state index in [0.717, 1.165) is 11.0 Å². The molecule has 0 aliphatic heterocycles. The molecule has 3 rings (SSSR count). The number of fused-ring (bicyclic) bond motifs is 1. The Morgan fingerprint density at radius 2 is 1.85 bits per heavy atom. The van der Waals surface area contributed by atoms with Crippen LogP contribution in [0.15, 0.2) is 59.0 Å². The maximum atomic E-state index is 12.0. The van der Waals surface area contributed by atoms with Crippen LogP contribution in [0.4, 0.5) is 0 Å². The van der Waals surface area contributed by atoms with Crippen LogP contribution in [0.25, 0.3) is 11.0 Å². The Bertz CT molecular complexity index is 902. The number of furan rings is 1. The Balaban J connectivity index is 1.43. The fourth-order valence-electron chi connectivity index (χ4n) is 2.43. The lowest BCUT2D eigenvalue weighted by molar-refractivity contribution is -0.150. The summed E-state index contributed by atoms with van der Waals surface area (Å²) >= 11 is 5.77. The molecule has 0 spiro atoms. The number of halogens is 1. The van der Waals surface area contributed by atoms with Crippen molar-refractivity contribution in [3.05, 3.63) is 65.4 Å². The van der Waals surface area contributed by atoms with Crippen molar-refractivity contribution >= 4 is 34.4 Å². The van der Waals surface area contributed by atoms with Crippen LogP contribution in [0.2, 0.25) is 5.02 Å². The van der Waals surface area contributed by atoms with Gasteiger partial charge in [0.25, 0.3) is 5.91 Å². The molecule has 2 aromatic carbocycles. The topological polar surface area (TPSA) is 77.8 Å². The predicted molar refractivity (Wildman–Crippen MR) is 101 cm³/mol. The molecule has 0 fully saturated rings. The highest BCUT2D eigenvalue weighted by Gasteiger charge is 2.15. The van der Waals surface area contributed by atoms with Gasteiger partial charge in [-0.2, -0.15) is 0 Å². The number of rotatable bonds is 7. The van der Waals surface area contributed by atoms with E-state index in [1.165, 1.54) is 0 Å². The molecule has 0 aliphatic rings. The lowest BCUT2D eigenvalue weighted by Gasteiger charge is -2.12. The highest BCUT2D eigenvalue weighted by Crippen LogP contribution is 2.23. The van der Waals surface area contributed by atoms with E-state index < -0.39 is 18.5 Å². The molecule has 1 heterocycles. The van der Waals surface area contributed by atoms with Crippen molar-refractivity contribution in [3.8, 4) is 5.75 Å². The average Bonchev–Trinajstić information content (AvgIpc) is 3.10. The maximum Gasteiger partial charge on any atom is 0.344 e. The molecule has 0 unspecified atom stereocenters. The molecular weight excluding hydrogens is 370 g/mol. The van der Waals surface area contributed by atoms with E-state index in [9.17, 15) is 9.59 Å². The summed E-state index contributed by atoms with van der Waals surface area (Å²) in [5.41, 5.74) is 0.749. The van der Waals surface area contributed by atoms with E-state index in [4.69, 9.17) is 25.5 Å². The average molecular weight is 388 g/mol. The quantitative estimate of drug-likeness (QED) is 0.622. The standard InChI is InChI=1S/C20H18ClNO5/c1-13(18-10-14-4-2-3-5-17(14)27-18)22-19(23)11-26-20(24)12-25-16-8-6-15(21)7-9-16/h2-10,13H,11-12H2,1H3,(H,22,23)/t13-/m0/s1. The Morgan fingerprint density at radius 3 is 2.59 bits per heavy atom. The minimum atomic E-state index is -0.642. The number of ether oxygens (including phenoxy) is 2. The SMILES string of the molecule is C[C@H](NC(=O)COC(=O)COc1ccc(Cl)cc1)c1cc2ccccc2o1. The summed E-state index contributed by atoms with van der Waals surface area (Å²) in [6.07, 6.45) is 0. The Kier molecular flexibility index (Phi) is 5.98.